The molecule has 3 heteroatoms. The summed E-state index contributed by atoms with van der Waals surface area (Å²) >= 11 is 1.69. The largest absolute Gasteiger partial charge is 0.309 e. The molecule has 0 unspecified atom stereocenters. The molecule has 90 valence electrons. The number of thiophene rings is 1. The molecule has 1 N–H and O–H groups in total. The van der Waals surface area contributed by atoms with Crippen LogP contribution in [0.5, 0.6) is 0 Å². The van der Waals surface area contributed by atoms with Crippen molar-refractivity contribution >= 4 is 21.4 Å². The first kappa shape index (κ1) is 11.2. The van der Waals surface area contributed by atoms with E-state index in [-0.39, 0.29) is 5.82 Å². The van der Waals surface area contributed by atoms with Crippen molar-refractivity contribution in [1.29, 1.82) is 0 Å². The fourth-order valence-corrected chi connectivity index (χ4v) is 3.57. The second-order valence-electron chi connectivity index (χ2n) is 4.73. The first-order chi connectivity index (χ1) is 8.33. The highest BCUT2D eigenvalue weighted by Gasteiger charge is 2.14. The number of halogens is 1. The fraction of sp³-hybridized carbons (Fsp3) is 0.429. The van der Waals surface area contributed by atoms with E-state index in [1.165, 1.54) is 36.6 Å². The van der Waals surface area contributed by atoms with Gasteiger partial charge >= 0.3 is 0 Å². The Kier molecular flexibility index (Phi) is 3.12. The highest BCUT2D eigenvalue weighted by Crippen LogP contribution is 2.28. The SMILES string of the molecule is Fc1cccc2sc(CNC3CCCC3)cc12. The molecule has 0 atom stereocenters. The Labute approximate surface area is 105 Å². The van der Waals surface area contributed by atoms with E-state index < -0.39 is 0 Å². The van der Waals surface area contributed by atoms with Crippen LogP contribution in [0.4, 0.5) is 4.39 Å². The molecule has 1 aromatic carbocycles. The van der Waals surface area contributed by atoms with Crippen LogP contribution in [0.2, 0.25) is 0 Å². The molecular weight excluding hydrogens is 233 g/mol. The van der Waals surface area contributed by atoms with Crippen LogP contribution >= 0.6 is 11.3 Å². The van der Waals surface area contributed by atoms with Gasteiger partial charge in [-0.3, -0.25) is 0 Å². The minimum absolute atomic E-state index is 0.106. The lowest BCUT2D eigenvalue weighted by Gasteiger charge is -2.09. The summed E-state index contributed by atoms with van der Waals surface area (Å²) in [7, 11) is 0. The summed E-state index contributed by atoms with van der Waals surface area (Å²) in [5, 5.41) is 4.33. The maximum atomic E-state index is 13.5. The van der Waals surface area contributed by atoms with Crippen LogP contribution in [0.1, 0.15) is 30.6 Å². The molecule has 2 aromatic rings. The number of nitrogens with one attached hydrogen (secondary N) is 1. The maximum Gasteiger partial charge on any atom is 0.131 e. The number of benzene rings is 1. The van der Waals surface area contributed by atoms with Gasteiger partial charge < -0.3 is 5.32 Å². The normalized spacial score (nSPS) is 17.0. The molecule has 0 spiro atoms. The van der Waals surface area contributed by atoms with Crippen molar-refractivity contribution in [3.8, 4) is 0 Å². The molecule has 0 amide bonds. The zero-order valence-corrected chi connectivity index (χ0v) is 10.5. The van der Waals surface area contributed by atoms with E-state index in [1.54, 1.807) is 17.4 Å². The zero-order valence-electron chi connectivity index (χ0n) is 9.71. The first-order valence-corrected chi connectivity index (χ1v) is 7.05. The van der Waals surface area contributed by atoms with E-state index in [0.717, 1.165) is 16.6 Å². The van der Waals surface area contributed by atoms with Crippen LogP contribution in [0, 0.1) is 5.82 Å². The van der Waals surface area contributed by atoms with Gasteiger partial charge in [0.05, 0.1) is 0 Å². The molecule has 0 bridgehead atoms. The molecule has 1 aliphatic rings. The van der Waals surface area contributed by atoms with Crippen molar-refractivity contribution < 1.29 is 4.39 Å². The number of fused-ring (bicyclic) bond motifs is 1. The highest BCUT2D eigenvalue weighted by molar-refractivity contribution is 7.19. The minimum Gasteiger partial charge on any atom is -0.309 e. The lowest BCUT2D eigenvalue weighted by Crippen LogP contribution is -2.24. The highest BCUT2D eigenvalue weighted by atomic mass is 32.1. The predicted octanol–water partition coefficient (Wildman–Crippen LogP) is 4.07. The second-order valence-corrected chi connectivity index (χ2v) is 5.89. The van der Waals surface area contributed by atoms with E-state index in [2.05, 4.69) is 5.32 Å². The van der Waals surface area contributed by atoms with Crippen molar-refractivity contribution in [1.82, 2.24) is 5.32 Å². The molecule has 0 radical (unpaired) electrons. The molecular formula is C14H16FNS. The van der Waals surface area contributed by atoms with Gasteiger partial charge in [0.2, 0.25) is 0 Å². The molecule has 0 aliphatic heterocycles. The summed E-state index contributed by atoms with van der Waals surface area (Å²) in [6, 6.07) is 7.95. The maximum absolute atomic E-state index is 13.5. The monoisotopic (exact) mass is 249 g/mol. The van der Waals surface area contributed by atoms with Crippen molar-refractivity contribution in [3.63, 3.8) is 0 Å². The molecule has 1 nitrogen and oxygen atoms in total. The van der Waals surface area contributed by atoms with Crippen LogP contribution in [-0.2, 0) is 6.54 Å². The predicted molar refractivity (Wildman–Crippen MR) is 70.9 cm³/mol. The average Bonchev–Trinajstić information content (AvgIpc) is 2.95. The Hall–Kier alpha value is -0.930. The smallest absolute Gasteiger partial charge is 0.131 e. The summed E-state index contributed by atoms with van der Waals surface area (Å²) in [5.74, 6) is -0.106. The lowest BCUT2D eigenvalue weighted by atomic mass is 10.2. The van der Waals surface area contributed by atoms with Gasteiger partial charge in [-0.2, -0.15) is 0 Å². The van der Waals surface area contributed by atoms with E-state index in [9.17, 15) is 4.39 Å². The number of rotatable bonds is 3. The van der Waals surface area contributed by atoms with Crippen molar-refractivity contribution in [2.24, 2.45) is 0 Å². The molecule has 1 fully saturated rings. The van der Waals surface area contributed by atoms with E-state index >= 15 is 0 Å². The summed E-state index contributed by atoms with van der Waals surface area (Å²) in [5.41, 5.74) is 0. The van der Waals surface area contributed by atoms with Crippen LogP contribution < -0.4 is 5.32 Å². The Bertz CT molecular complexity index is 514. The van der Waals surface area contributed by atoms with Crippen molar-refractivity contribution in [3.05, 3.63) is 35.0 Å². The quantitative estimate of drug-likeness (QED) is 0.864. The average molecular weight is 249 g/mol. The van der Waals surface area contributed by atoms with E-state index in [4.69, 9.17) is 0 Å². The summed E-state index contributed by atoms with van der Waals surface area (Å²) in [4.78, 5) is 1.23. The molecule has 17 heavy (non-hydrogen) atoms. The third-order valence-electron chi connectivity index (χ3n) is 3.48. The van der Waals surface area contributed by atoms with Crippen LogP contribution in [0.15, 0.2) is 24.3 Å². The minimum atomic E-state index is -0.106. The van der Waals surface area contributed by atoms with Crippen molar-refractivity contribution in [2.75, 3.05) is 0 Å². The van der Waals surface area contributed by atoms with Crippen LogP contribution in [0.25, 0.3) is 10.1 Å². The molecule has 3 rings (SSSR count). The van der Waals surface area contributed by atoms with Gasteiger partial charge in [0, 0.05) is 27.5 Å². The van der Waals surface area contributed by atoms with Crippen LogP contribution in [-0.4, -0.2) is 6.04 Å². The molecule has 1 aliphatic carbocycles. The second kappa shape index (κ2) is 4.75. The Balaban J connectivity index is 1.74. The van der Waals surface area contributed by atoms with Gasteiger partial charge in [-0.25, -0.2) is 4.39 Å². The fourth-order valence-electron chi connectivity index (χ4n) is 2.54. The van der Waals surface area contributed by atoms with Crippen molar-refractivity contribution in [2.45, 2.75) is 38.3 Å². The van der Waals surface area contributed by atoms with E-state index in [0.29, 0.717) is 6.04 Å². The van der Waals surface area contributed by atoms with E-state index in [1.807, 2.05) is 12.1 Å². The standard InChI is InChI=1S/C14H16FNS/c15-13-6-3-7-14-12(13)8-11(17-14)9-16-10-4-1-2-5-10/h3,6-8,10,16H,1-2,4-5,9H2. The lowest BCUT2D eigenvalue weighted by molar-refractivity contribution is 0.527. The Morgan fingerprint density at radius 1 is 1.29 bits per heavy atom. The molecule has 1 saturated carbocycles. The first-order valence-electron chi connectivity index (χ1n) is 6.23. The molecule has 1 aromatic heterocycles. The zero-order chi connectivity index (χ0) is 11.7. The summed E-state index contributed by atoms with van der Waals surface area (Å²) in [6.07, 6.45) is 5.27. The van der Waals surface area contributed by atoms with Gasteiger partial charge in [-0.05, 0) is 31.0 Å². The van der Waals surface area contributed by atoms with Crippen LogP contribution in [0.3, 0.4) is 0 Å². The Morgan fingerprint density at radius 3 is 2.88 bits per heavy atom. The third-order valence-corrected chi connectivity index (χ3v) is 4.58. The number of hydrogen-bond acceptors (Lipinski definition) is 2. The molecule has 0 saturated heterocycles. The number of hydrogen-bond donors (Lipinski definition) is 1. The van der Waals surface area contributed by atoms with Gasteiger partial charge in [0.15, 0.2) is 0 Å². The van der Waals surface area contributed by atoms with Gasteiger partial charge in [-0.15, -0.1) is 11.3 Å². The topological polar surface area (TPSA) is 12.0 Å². The molecule has 1 heterocycles. The summed E-state index contributed by atoms with van der Waals surface area (Å²) < 4.78 is 14.6. The van der Waals surface area contributed by atoms with Gasteiger partial charge in [-0.1, -0.05) is 18.9 Å². The third kappa shape index (κ3) is 2.35. The Morgan fingerprint density at radius 2 is 2.12 bits per heavy atom. The van der Waals surface area contributed by atoms with Gasteiger partial charge in [0.1, 0.15) is 5.82 Å². The summed E-state index contributed by atoms with van der Waals surface area (Å²) in [6.45, 7) is 0.878. The van der Waals surface area contributed by atoms with Gasteiger partial charge in [0.25, 0.3) is 0 Å².